The number of nitrogens with one attached hydrogen (secondary N) is 1. The lowest BCUT2D eigenvalue weighted by Gasteiger charge is -2.05. The fourth-order valence-corrected chi connectivity index (χ4v) is 2.48. The Kier molecular flexibility index (Phi) is 3.76. The van der Waals surface area contributed by atoms with Crippen molar-refractivity contribution in [3.05, 3.63) is 59.4 Å². The van der Waals surface area contributed by atoms with Crippen molar-refractivity contribution in [3.63, 3.8) is 0 Å². The van der Waals surface area contributed by atoms with Gasteiger partial charge in [0, 0.05) is 11.9 Å². The summed E-state index contributed by atoms with van der Waals surface area (Å²) in [4.78, 5) is 0. The number of para-hydroxylation sites is 1. The molecule has 2 aromatic carbocycles. The highest BCUT2D eigenvalue weighted by molar-refractivity contribution is 5.85. The molecule has 21 heavy (non-hydrogen) atoms. The number of hydrogen-bond acceptors (Lipinski definition) is 2. The monoisotopic (exact) mass is 283 g/mol. The maximum atomic E-state index is 14.3. The largest absolute Gasteiger partial charge is 0.456 e. The molecule has 0 fully saturated rings. The third-order valence-electron chi connectivity index (χ3n) is 3.62. The summed E-state index contributed by atoms with van der Waals surface area (Å²) < 4.78 is 20.1. The summed E-state index contributed by atoms with van der Waals surface area (Å²) in [7, 11) is 0. The van der Waals surface area contributed by atoms with Gasteiger partial charge in [0.25, 0.3) is 0 Å². The Balaban J connectivity index is 2.00. The fourth-order valence-electron chi connectivity index (χ4n) is 2.48. The standard InChI is InChI=1S/C18H18FNO/c1-3-20-11-13-7-8-15(16(19)9-13)17-10-14-6-4-5-12(2)18(14)21-17/h4-10,20H,3,11H2,1-2H3. The van der Waals surface area contributed by atoms with E-state index in [1.165, 1.54) is 0 Å². The van der Waals surface area contributed by atoms with Crippen LogP contribution in [0.15, 0.2) is 46.9 Å². The van der Waals surface area contributed by atoms with Crippen molar-refractivity contribution < 1.29 is 8.81 Å². The first-order valence-corrected chi connectivity index (χ1v) is 7.17. The van der Waals surface area contributed by atoms with Gasteiger partial charge in [-0.1, -0.05) is 31.2 Å². The number of aryl methyl sites for hydroxylation is 1. The van der Waals surface area contributed by atoms with Gasteiger partial charge in [-0.3, -0.25) is 0 Å². The zero-order chi connectivity index (χ0) is 14.8. The van der Waals surface area contributed by atoms with Gasteiger partial charge in [-0.05, 0) is 42.8 Å². The highest BCUT2D eigenvalue weighted by atomic mass is 19.1. The van der Waals surface area contributed by atoms with Crippen LogP contribution in [0.25, 0.3) is 22.3 Å². The van der Waals surface area contributed by atoms with E-state index in [1.54, 1.807) is 12.1 Å². The van der Waals surface area contributed by atoms with Gasteiger partial charge in [-0.25, -0.2) is 4.39 Å². The van der Waals surface area contributed by atoms with Crippen molar-refractivity contribution in [2.75, 3.05) is 6.54 Å². The predicted molar refractivity (Wildman–Crippen MR) is 83.7 cm³/mol. The Hall–Kier alpha value is -2.13. The van der Waals surface area contributed by atoms with Crippen LogP contribution >= 0.6 is 0 Å². The van der Waals surface area contributed by atoms with Crippen molar-refractivity contribution in [3.8, 4) is 11.3 Å². The first-order chi connectivity index (χ1) is 10.2. The zero-order valence-electron chi connectivity index (χ0n) is 12.2. The molecule has 1 aromatic heterocycles. The van der Waals surface area contributed by atoms with Crippen molar-refractivity contribution in [2.45, 2.75) is 20.4 Å². The molecule has 0 atom stereocenters. The first kappa shape index (κ1) is 13.8. The summed E-state index contributed by atoms with van der Waals surface area (Å²) in [6.45, 7) is 5.56. The van der Waals surface area contributed by atoms with Crippen LogP contribution in [0.2, 0.25) is 0 Å². The molecule has 1 N–H and O–H groups in total. The first-order valence-electron chi connectivity index (χ1n) is 7.17. The number of furan rings is 1. The zero-order valence-corrected chi connectivity index (χ0v) is 12.2. The highest BCUT2D eigenvalue weighted by Crippen LogP contribution is 2.31. The summed E-state index contributed by atoms with van der Waals surface area (Å²) in [5.74, 6) is 0.328. The third kappa shape index (κ3) is 2.69. The van der Waals surface area contributed by atoms with E-state index in [0.717, 1.165) is 28.6 Å². The second-order valence-electron chi connectivity index (χ2n) is 5.20. The summed E-state index contributed by atoms with van der Waals surface area (Å²) >= 11 is 0. The Morgan fingerprint density at radius 1 is 1.14 bits per heavy atom. The lowest BCUT2D eigenvalue weighted by atomic mass is 10.1. The summed E-state index contributed by atoms with van der Waals surface area (Å²) in [5, 5.41) is 4.19. The van der Waals surface area contributed by atoms with Crippen molar-refractivity contribution in [1.82, 2.24) is 5.32 Å². The van der Waals surface area contributed by atoms with Gasteiger partial charge in [0.1, 0.15) is 17.2 Å². The summed E-state index contributed by atoms with van der Waals surface area (Å²) in [6.07, 6.45) is 0. The molecule has 0 spiro atoms. The number of fused-ring (bicyclic) bond motifs is 1. The Morgan fingerprint density at radius 2 is 2.00 bits per heavy atom. The van der Waals surface area contributed by atoms with E-state index in [1.807, 2.05) is 44.2 Å². The minimum absolute atomic E-state index is 0.248. The molecule has 0 aliphatic heterocycles. The molecule has 108 valence electrons. The Labute approximate surface area is 123 Å². The number of benzene rings is 2. The van der Waals surface area contributed by atoms with E-state index in [0.29, 0.717) is 17.9 Å². The second-order valence-corrected chi connectivity index (χ2v) is 5.20. The van der Waals surface area contributed by atoms with Crippen LogP contribution in [-0.2, 0) is 6.54 Å². The van der Waals surface area contributed by atoms with Crippen LogP contribution in [0.1, 0.15) is 18.1 Å². The quantitative estimate of drug-likeness (QED) is 0.753. The normalized spacial score (nSPS) is 11.2. The van der Waals surface area contributed by atoms with Crippen LogP contribution in [0.5, 0.6) is 0 Å². The van der Waals surface area contributed by atoms with E-state index in [9.17, 15) is 4.39 Å². The van der Waals surface area contributed by atoms with Crippen LogP contribution in [0.4, 0.5) is 4.39 Å². The lowest BCUT2D eigenvalue weighted by Crippen LogP contribution is -2.11. The summed E-state index contributed by atoms with van der Waals surface area (Å²) in [6, 6.07) is 13.1. The fraction of sp³-hybridized carbons (Fsp3) is 0.222. The van der Waals surface area contributed by atoms with E-state index in [2.05, 4.69) is 5.32 Å². The van der Waals surface area contributed by atoms with Gasteiger partial charge in [0.2, 0.25) is 0 Å². The minimum Gasteiger partial charge on any atom is -0.456 e. The lowest BCUT2D eigenvalue weighted by molar-refractivity contribution is 0.597. The molecular weight excluding hydrogens is 265 g/mol. The molecule has 3 rings (SSSR count). The van der Waals surface area contributed by atoms with E-state index < -0.39 is 0 Å². The smallest absolute Gasteiger partial charge is 0.138 e. The van der Waals surface area contributed by atoms with E-state index in [4.69, 9.17) is 4.42 Å². The van der Waals surface area contributed by atoms with Crippen molar-refractivity contribution in [2.24, 2.45) is 0 Å². The Bertz CT molecular complexity index is 776. The average Bonchev–Trinajstić information content (AvgIpc) is 2.90. The SMILES string of the molecule is CCNCc1ccc(-c2cc3cccc(C)c3o2)c(F)c1. The maximum Gasteiger partial charge on any atom is 0.138 e. The van der Waals surface area contributed by atoms with Crippen molar-refractivity contribution in [1.29, 1.82) is 0 Å². The molecule has 0 radical (unpaired) electrons. The van der Waals surface area contributed by atoms with Crippen LogP contribution in [0.3, 0.4) is 0 Å². The summed E-state index contributed by atoms with van der Waals surface area (Å²) in [5.41, 5.74) is 3.32. The molecule has 3 heteroatoms. The van der Waals surface area contributed by atoms with Gasteiger partial charge < -0.3 is 9.73 Å². The molecule has 0 aliphatic rings. The number of rotatable bonds is 4. The maximum absolute atomic E-state index is 14.3. The third-order valence-corrected chi connectivity index (χ3v) is 3.62. The predicted octanol–water partition coefficient (Wildman–Crippen LogP) is 4.66. The Morgan fingerprint density at radius 3 is 2.71 bits per heavy atom. The molecule has 0 unspecified atom stereocenters. The van der Waals surface area contributed by atoms with Crippen molar-refractivity contribution >= 4 is 11.0 Å². The van der Waals surface area contributed by atoms with Crippen LogP contribution < -0.4 is 5.32 Å². The molecule has 2 nitrogen and oxygen atoms in total. The molecule has 0 saturated carbocycles. The average molecular weight is 283 g/mol. The van der Waals surface area contributed by atoms with Gasteiger partial charge in [-0.2, -0.15) is 0 Å². The van der Waals surface area contributed by atoms with Crippen LogP contribution in [0, 0.1) is 12.7 Å². The van der Waals surface area contributed by atoms with Gasteiger partial charge >= 0.3 is 0 Å². The molecule has 3 aromatic rings. The minimum atomic E-state index is -0.248. The molecule has 0 saturated heterocycles. The topological polar surface area (TPSA) is 25.2 Å². The molecule has 1 heterocycles. The van der Waals surface area contributed by atoms with E-state index in [-0.39, 0.29) is 5.82 Å². The van der Waals surface area contributed by atoms with Gasteiger partial charge in [0.15, 0.2) is 0 Å². The molecule has 0 bridgehead atoms. The highest BCUT2D eigenvalue weighted by Gasteiger charge is 2.12. The molecule has 0 aliphatic carbocycles. The number of hydrogen-bond donors (Lipinski definition) is 1. The van der Waals surface area contributed by atoms with Gasteiger partial charge in [-0.15, -0.1) is 0 Å². The van der Waals surface area contributed by atoms with E-state index >= 15 is 0 Å². The van der Waals surface area contributed by atoms with Crippen LogP contribution in [-0.4, -0.2) is 6.54 Å². The number of halogens is 1. The molecule has 0 amide bonds. The second kappa shape index (κ2) is 5.70. The molecular formula is C18H18FNO. The van der Waals surface area contributed by atoms with Gasteiger partial charge in [0.05, 0.1) is 5.56 Å².